The Balaban J connectivity index is 1.64. The Morgan fingerprint density at radius 1 is 1.36 bits per heavy atom. The molecule has 134 valence electrons. The lowest BCUT2D eigenvalue weighted by atomic mass is 10.1. The van der Waals surface area contributed by atoms with Crippen LogP contribution in [0.4, 0.5) is 10.3 Å². The summed E-state index contributed by atoms with van der Waals surface area (Å²) in [4.78, 5) is 7.95. The van der Waals surface area contributed by atoms with Crippen molar-refractivity contribution in [2.24, 2.45) is 0 Å². The van der Waals surface area contributed by atoms with Crippen LogP contribution in [0.3, 0.4) is 0 Å². The van der Waals surface area contributed by atoms with E-state index in [9.17, 15) is 9.50 Å². The van der Waals surface area contributed by atoms with E-state index in [2.05, 4.69) is 15.3 Å². The number of nitrogens with one attached hydrogen (secondary N) is 1. The molecule has 0 aliphatic carbocycles. The maximum absolute atomic E-state index is 13.9. The number of benzene rings is 1. The molecule has 2 N–H and O–H groups in total. The van der Waals surface area contributed by atoms with Gasteiger partial charge in [-0.3, -0.25) is 0 Å². The Labute approximate surface area is 144 Å². The first-order valence-corrected chi connectivity index (χ1v) is 7.96. The third kappa shape index (κ3) is 4.55. The van der Waals surface area contributed by atoms with Crippen molar-refractivity contribution >= 4 is 5.95 Å². The van der Waals surface area contributed by atoms with Gasteiger partial charge in [-0.2, -0.15) is 9.37 Å². The number of anilines is 1. The van der Waals surface area contributed by atoms with E-state index in [-0.39, 0.29) is 31.1 Å². The van der Waals surface area contributed by atoms with Gasteiger partial charge in [-0.15, -0.1) is 0 Å². The molecular weight excluding hydrogens is 329 g/mol. The number of aliphatic hydroxyl groups is 1. The second-order valence-corrected chi connectivity index (χ2v) is 5.67. The molecule has 1 aromatic carbocycles. The van der Waals surface area contributed by atoms with Crippen molar-refractivity contribution in [3.05, 3.63) is 41.8 Å². The molecule has 0 bridgehead atoms. The zero-order valence-corrected chi connectivity index (χ0v) is 13.8. The number of halogens is 1. The van der Waals surface area contributed by atoms with Crippen molar-refractivity contribution in [3.8, 4) is 11.6 Å². The van der Waals surface area contributed by atoms with Gasteiger partial charge in [-0.1, -0.05) is 12.1 Å². The van der Waals surface area contributed by atoms with Gasteiger partial charge in [0.05, 0.1) is 32.1 Å². The van der Waals surface area contributed by atoms with Crippen LogP contribution in [0.1, 0.15) is 12.0 Å². The Hall–Kier alpha value is -2.45. The molecule has 1 aliphatic rings. The zero-order chi connectivity index (χ0) is 17.6. The Morgan fingerprint density at radius 3 is 2.88 bits per heavy atom. The molecule has 1 saturated heterocycles. The molecule has 2 aromatic rings. The van der Waals surface area contributed by atoms with Gasteiger partial charge in [0.1, 0.15) is 12.4 Å². The second kappa shape index (κ2) is 8.09. The number of ether oxygens (including phenoxy) is 3. The summed E-state index contributed by atoms with van der Waals surface area (Å²) in [7, 11) is 1.59. The molecule has 0 radical (unpaired) electrons. The first kappa shape index (κ1) is 17.4. The van der Waals surface area contributed by atoms with Gasteiger partial charge in [0.25, 0.3) is 5.88 Å². The summed E-state index contributed by atoms with van der Waals surface area (Å²) >= 11 is 0. The smallest absolute Gasteiger partial charge is 0.255 e. The molecular formula is C17H20FN3O4. The van der Waals surface area contributed by atoms with Gasteiger partial charge >= 0.3 is 0 Å². The molecule has 1 aliphatic heterocycles. The number of hydrogen-bond donors (Lipinski definition) is 2. The highest BCUT2D eigenvalue weighted by molar-refractivity contribution is 5.31. The van der Waals surface area contributed by atoms with Gasteiger partial charge in [0, 0.05) is 6.61 Å². The van der Waals surface area contributed by atoms with Crippen LogP contribution < -0.4 is 14.8 Å². The van der Waals surface area contributed by atoms with Crippen LogP contribution in [0.5, 0.6) is 11.6 Å². The minimum Gasteiger partial charge on any atom is -0.497 e. The van der Waals surface area contributed by atoms with Crippen molar-refractivity contribution in [3.63, 3.8) is 0 Å². The minimum atomic E-state index is -0.661. The molecule has 0 spiro atoms. The fourth-order valence-corrected chi connectivity index (χ4v) is 2.45. The molecule has 1 fully saturated rings. The lowest BCUT2D eigenvalue weighted by Gasteiger charge is -2.28. The number of rotatable bonds is 6. The zero-order valence-electron chi connectivity index (χ0n) is 13.8. The normalized spacial score (nSPS) is 20.1. The fraction of sp³-hybridized carbons (Fsp3) is 0.412. The Morgan fingerprint density at radius 2 is 2.16 bits per heavy atom. The summed E-state index contributed by atoms with van der Waals surface area (Å²) in [6.45, 7) is 0.952. The van der Waals surface area contributed by atoms with Crippen LogP contribution in [0.2, 0.25) is 0 Å². The summed E-state index contributed by atoms with van der Waals surface area (Å²) in [5.41, 5.74) is 0.855. The Kier molecular flexibility index (Phi) is 5.62. The van der Waals surface area contributed by atoms with E-state index < -0.39 is 11.9 Å². The van der Waals surface area contributed by atoms with Gasteiger partial charge in [0.2, 0.25) is 11.8 Å². The van der Waals surface area contributed by atoms with E-state index in [0.717, 1.165) is 17.5 Å². The van der Waals surface area contributed by atoms with E-state index in [1.165, 1.54) is 0 Å². The quantitative estimate of drug-likeness (QED) is 0.822. The second-order valence-electron chi connectivity index (χ2n) is 5.67. The monoisotopic (exact) mass is 349 g/mol. The fourth-order valence-electron chi connectivity index (χ4n) is 2.45. The highest BCUT2D eigenvalue weighted by atomic mass is 19.1. The molecule has 25 heavy (non-hydrogen) atoms. The predicted molar refractivity (Wildman–Crippen MR) is 88.2 cm³/mol. The highest BCUT2D eigenvalue weighted by Crippen LogP contribution is 2.19. The van der Waals surface area contributed by atoms with Crippen molar-refractivity contribution < 1.29 is 23.7 Å². The molecule has 2 heterocycles. The average Bonchev–Trinajstić information content (AvgIpc) is 2.64. The molecule has 0 saturated carbocycles. The maximum atomic E-state index is 13.9. The van der Waals surface area contributed by atoms with E-state index in [4.69, 9.17) is 14.2 Å². The summed E-state index contributed by atoms with van der Waals surface area (Å²) < 4.78 is 29.6. The topological polar surface area (TPSA) is 85.7 Å². The maximum Gasteiger partial charge on any atom is 0.255 e. The van der Waals surface area contributed by atoms with Gasteiger partial charge in [-0.05, 0) is 24.1 Å². The number of nitrogens with zero attached hydrogens (tertiary/aromatic N) is 2. The summed E-state index contributed by atoms with van der Waals surface area (Å²) in [5.74, 6) is 0.150. The minimum absolute atomic E-state index is 0.144. The third-order valence-electron chi connectivity index (χ3n) is 3.89. The first-order valence-electron chi connectivity index (χ1n) is 7.96. The number of methoxy groups -OCH3 is 1. The van der Waals surface area contributed by atoms with Gasteiger partial charge < -0.3 is 24.6 Å². The lowest BCUT2D eigenvalue weighted by molar-refractivity contribution is -0.0136. The Bertz CT molecular complexity index is 699. The average molecular weight is 349 g/mol. The first-order chi connectivity index (χ1) is 12.2. The molecule has 8 heteroatoms. The number of aromatic nitrogens is 2. The van der Waals surface area contributed by atoms with Gasteiger partial charge in [0.15, 0.2) is 0 Å². The van der Waals surface area contributed by atoms with Crippen LogP contribution in [0.15, 0.2) is 30.5 Å². The SMILES string of the molecule is COc1ccc(COc2nc(N[C@@H]3CCOC[C@H]3O)ncc2F)cc1. The largest absolute Gasteiger partial charge is 0.497 e. The van der Waals surface area contributed by atoms with Crippen LogP contribution in [0, 0.1) is 5.82 Å². The molecule has 0 unspecified atom stereocenters. The van der Waals surface area contributed by atoms with Crippen LogP contribution in [-0.2, 0) is 11.3 Å². The van der Waals surface area contributed by atoms with E-state index >= 15 is 0 Å². The van der Waals surface area contributed by atoms with E-state index in [1.54, 1.807) is 19.2 Å². The van der Waals surface area contributed by atoms with Gasteiger partial charge in [-0.25, -0.2) is 4.98 Å². The molecule has 3 rings (SSSR count). The van der Waals surface area contributed by atoms with E-state index in [1.807, 2.05) is 12.1 Å². The predicted octanol–water partition coefficient (Wildman–Crippen LogP) is 1.76. The van der Waals surface area contributed by atoms with Crippen LogP contribution in [-0.4, -0.2) is 47.5 Å². The molecule has 0 amide bonds. The molecule has 1 aromatic heterocycles. The third-order valence-corrected chi connectivity index (χ3v) is 3.89. The van der Waals surface area contributed by atoms with Crippen molar-refractivity contribution in [1.82, 2.24) is 9.97 Å². The van der Waals surface area contributed by atoms with E-state index in [0.29, 0.717) is 13.0 Å². The van der Waals surface area contributed by atoms with Crippen LogP contribution >= 0.6 is 0 Å². The summed E-state index contributed by atoms with van der Waals surface area (Å²) in [6, 6.07) is 7.02. The standard InChI is InChI=1S/C17H20FN3O4/c1-23-12-4-2-11(3-5-12)9-25-16-13(18)8-19-17(21-16)20-14-6-7-24-10-15(14)22/h2-5,8,14-15,22H,6-7,9-10H2,1H3,(H,19,20,21)/t14-,15-/m1/s1. The lowest BCUT2D eigenvalue weighted by Crippen LogP contribution is -2.42. The molecule has 2 atom stereocenters. The highest BCUT2D eigenvalue weighted by Gasteiger charge is 2.24. The van der Waals surface area contributed by atoms with Crippen molar-refractivity contribution in [2.45, 2.75) is 25.2 Å². The van der Waals surface area contributed by atoms with Crippen molar-refractivity contribution in [1.29, 1.82) is 0 Å². The number of hydrogen-bond acceptors (Lipinski definition) is 7. The molecule has 7 nitrogen and oxygen atoms in total. The van der Waals surface area contributed by atoms with Crippen LogP contribution in [0.25, 0.3) is 0 Å². The summed E-state index contributed by atoms with van der Waals surface area (Å²) in [6.07, 6.45) is 1.00. The van der Waals surface area contributed by atoms with Crippen molar-refractivity contribution in [2.75, 3.05) is 25.6 Å². The summed E-state index contributed by atoms with van der Waals surface area (Å²) in [5, 5.41) is 12.9. The number of aliphatic hydroxyl groups excluding tert-OH is 1.